The summed E-state index contributed by atoms with van der Waals surface area (Å²) < 4.78 is 1.55. The van der Waals surface area contributed by atoms with E-state index >= 15 is 0 Å². The van der Waals surface area contributed by atoms with Crippen molar-refractivity contribution in [3.8, 4) is 0 Å². The van der Waals surface area contributed by atoms with Crippen molar-refractivity contribution in [2.45, 2.75) is 30.8 Å². The minimum Gasteiger partial charge on any atom is -0.366 e. The third-order valence-electron chi connectivity index (χ3n) is 4.24. The number of thioether (sulfide) groups is 1. The van der Waals surface area contributed by atoms with E-state index in [2.05, 4.69) is 10.3 Å². The SMILES string of the molecule is CCn1c(SC(C)C(=O)Nc2ccccc2C(N)=O)nc2ccccc2c1=O. The van der Waals surface area contributed by atoms with E-state index in [0.717, 1.165) is 0 Å². The number of aromatic nitrogens is 2. The van der Waals surface area contributed by atoms with Gasteiger partial charge in [-0.3, -0.25) is 19.0 Å². The summed E-state index contributed by atoms with van der Waals surface area (Å²) in [5.41, 5.74) is 6.40. The average Bonchev–Trinajstić information content (AvgIpc) is 2.68. The highest BCUT2D eigenvalue weighted by Gasteiger charge is 2.20. The summed E-state index contributed by atoms with van der Waals surface area (Å²) in [7, 11) is 0. The third kappa shape index (κ3) is 3.91. The van der Waals surface area contributed by atoms with Gasteiger partial charge in [-0.1, -0.05) is 36.0 Å². The van der Waals surface area contributed by atoms with E-state index < -0.39 is 11.2 Å². The van der Waals surface area contributed by atoms with Crippen molar-refractivity contribution in [2.75, 3.05) is 5.32 Å². The number of amides is 2. The van der Waals surface area contributed by atoms with E-state index in [1.54, 1.807) is 54.0 Å². The zero-order valence-corrected chi connectivity index (χ0v) is 16.3. The van der Waals surface area contributed by atoms with Crippen molar-refractivity contribution < 1.29 is 9.59 Å². The van der Waals surface area contributed by atoms with Crippen LogP contribution in [0.5, 0.6) is 0 Å². The number of benzene rings is 2. The van der Waals surface area contributed by atoms with E-state index in [1.807, 2.05) is 13.0 Å². The van der Waals surface area contributed by atoms with Crippen LogP contribution in [0.15, 0.2) is 58.5 Å². The standard InChI is InChI=1S/C20H20N4O3S/c1-3-24-19(27)14-9-5-7-11-16(14)23-20(24)28-12(2)18(26)22-15-10-6-4-8-13(15)17(21)25/h4-12H,3H2,1-2H3,(H2,21,25)(H,22,26). The molecule has 3 aromatic rings. The van der Waals surface area contributed by atoms with Crippen LogP contribution in [0.25, 0.3) is 10.9 Å². The lowest BCUT2D eigenvalue weighted by Crippen LogP contribution is -2.27. The maximum atomic E-state index is 12.7. The summed E-state index contributed by atoms with van der Waals surface area (Å²) in [6.45, 7) is 4.02. The fourth-order valence-corrected chi connectivity index (χ4v) is 3.74. The molecule has 2 aromatic carbocycles. The van der Waals surface area contributed by atoms with Crippen LogP contribution in [0.4, 0.5) is 5.69 Å². The number of para-hydroxylation sites is 2. The maximum Gasteiger partial charge on any atom is 0.262 e. The van der Waals surface area contributed by atoms with Gasteiger partial charge in [0, 0.05) is 6.54 Å². The predicted molar refractivity (Wildman–Crippen MR) is 111 cm³/mol. The summed E-state index contributed by atoms with van der Waals surface area (Å²) in [6.07, 6.45) is 0. The van der Waals surface area contributed by atoms with Crippen molar-refractivity contribution in [2.24, 2.45) is 5.73 Å². The van der Waals surface area contributed by atoms with Gasteiger partial charge in [-0.25, -0.2) is 4.98 Å². The van der Waals surface area contributed by atoms with Crippen LogP contribution in [-0.4, -0.2) is 26.6 Å². The van der Waals surface area contributed by atoms with Gasteiger partial charge < -0.3 is 11.1 Å². The molecule has 1 heterocycles. The lowest BCUT2D eigenvalue weighted by atomic mass is 10.1. The second kappa shape index (κ2) is 8.26. The van der Waals surface area contributed by atoms with E-state index in [1.165, 1.54) is 11.8 Å². The monoisotopic (exact) mass is 396 g/mol. The van der Waals surface area contributed by atoms with Crippen LogP contribution in [-0.2, 0) is 11.3 Å². The van der Waals surface area contributed by atoms with Gasteiger partial charge in [-0.15, -0.1) is 0 Å². The minimum absolute atomic E-state index is 0.137. The number of anilines is 1. The Morgan fingerprint density at radius 2 is 1.86 bits per heavy atom. The number of hydrogen-bond donors (Lipinski definition) is 2. The molecule has 0 aliphatic carbocycles. The van der Waals surface area contributed by atoms with Crippen LogP contribution in [0.3, 0.4) is 0 Å². The van der Waals surface area contributed by atoms with Gasteiger partial charge in [0.1, 0.15) is 0 Å². The summed E-state index contributed by atoms with van der Waals surface area (Å²) in [5.74, 6) is -0.934. The summed E-state index contributed by atoms with van der Waals surface area (Å²) >= 11 is 1.19. The summed E-state index contributed by atoms with van der Waals surface area (Å²) in [4.78, 5) is 41.4. The molecule has 0 saturated heterocycles. The Kier molecular flexibility index (Phi) is 5.79. The normalized spacial score (nSPS) is 11.9. The van der Waals surface area contributed by atoms with Crippen molar-refractivity contribution >= 4 is 40.2 Å². The van der Waals surface area contributed by atoms with Crippen LogP contribution in [0, 0.1) is 0 Å². The molecule has 8 heteroatoms. The number of nitrogens with two attached hydrogens (primary N) is 1. The van der Waals surface area contributed by atoms with Crippen molar-refractivity contribution in [1.82, 2.24) is 9.55 Å². The number of carbonyl (C=O) groups excluding carboxylic acids is 2. The number of carbonyl (C=O) groups is 2. The van der Waals surface area contributed by atoms with Crippen LogP contribution in [0.2, 0.25) is 0 Å². The lowest BCUT2D eigenvalue weighted by molar-refractivity contribution is -0.115. The molecule has 1 aromatic heterocycles. The first-order valence-corrected chi connectivity index (χ1v) is 9.66. The second-order valence-corrected chi connectivity index (χ2v) is 7.43. The number of rotatable bonds is 6. The fourth-order valence-electron chi connectivity index (χ4n) is 2.77. The summed E-state index contributed by atoms with van der Waals surface area (Å²) in [6, 6.07) is 13.7. The van der Waals surface area contributed by atoms with Gasteiger partial charge in [-0.2, -0.15) is 0 Å². The predicted octanol–water partition coefficient (Wildman–Crippen LogP) is 2.63. The highest BCUT2D eigenvalue weighted by molar-refractivity contribution is 8.00. The molecule has 2 amide bonds. The molecule has 144 valence electrons. The van der Waals surface area contributed by atoms with Gasteiger partial charge in [0.15, 0.2) is 5.16 Å². The number of fused-ring (bicyclic) bond motifs is 1. The molecule has 0 radical (unpaired) electrons. The molecule has 0 spiro atoms. The van der Waals surface area contributed by atoms with Gasteiger partial charge in [0.2, 0.25) is 5.91 Å². The highest BCUT2D eigenvalue weighted by atomic mass is 32.2. The van der Waals surface area contributed by atoms with Gasteiger partial charge in [0.05, 0.1) is 27.4 Å². The molecule has 1 unspecified atom stereocenters. The largest absolute Gasteiger partial charge is 0.366 e. The smallest absolute Gasteiger partial charge is 0.262 e. The first-order valence-electron chi connectivity index (χ1n) is 8.78. The molecule has 7 nitrogen and oxygen atoms in total. The number of primary amides is 1. The molecule has 1 atom stereocenters. The molecule has 0 fully saturated rings. The number of hydrogen-bond acceptors (Lipinski definition) is 5. The van der Waals surface area contributed by atoms with Gasteiger partial charge in [-0.05, 0) is 38.1 Å². The first-order chi connectivity index (χ1) is 13.4. The molecule has 0 bridgehead atoms. The van der Waals surface area contributed by atoms with E-state index in [-0.39, 0.29) is 17.0 Å². The zero-order valence-electron chi connectivity index (χ0n) is 15.5. The van der Waals surface area contributed by atoms with Gasteiger partial charge in [0.25, 0.3) is 11.5 Å². The van der Waals surface area contributed by atoms with Crippen molar-refractivity contribution in [3.63, 3.8) is 0 Å². The third-order valence-corrected chi connectivity index (χ3v) is 5.33. The Balaban J connectivity index is 1.87. The molecular formula is C20H20N4O3S. The molecule has 28 heavy (non-hydrogen) atoms. The Morgan fingerprint density at radius 3 is 2.57 bits per heavy atom. The van der Waals surface area contributed by atoms with Crippen molar-refractivity contribution in [3.05, 3.63) is 64.4 Å². The quantitative estimate of drug-likeness (QED) is 0.492. The van der Waals surface area contributed by atoms with E-state index in [9.17, 15) is 14.4 Å². The number of nitrogens with one attached hydrogen (secondary N) is 1. The summed E-state index contributed by atoms with van der Waals surface area (Å²) in [5, 5.41) is 3.19. The fraction of sp³-hybridized carbons (Fsp3) is 0.200. The van der Waals surface area contributed by atoms with Gasteiger partial charge >= 0.3 is 0 Å². The minimum atomic E-state index is -0.618. The second-order valence-electron chi connectivity index (χ2n) is 6.12. The molecule has 3 N–H and O–H groups in total. The van der Waals surface area contributed by atoms with Crippen LogP contribution in [0.1, 0.15) is 24.2 Å². The Bertz CT molecular complexity index is 1110. The van der Waals surface area contributed by atoms with E-state index in [0.29, 0.717) is 28.3 Å². The molecular weight excluding hydrogens is 376 g/mol. The Morgan fingerprint density at radius 1 is 1.18 bits per heavy atom. The molecule has 0 saturated carbocycles. The number of nitrogens with zero attached hydrogens (tertiary/aromatic N) is 2. The average molecular weight is 396 g/mol. The topological polar surface area (TPSA) is 107 Å². The van der Waals surface area contributed by atoms with Crippen LogP contribution >= 0.6 is 11.8 Å². The zero-order chi connectivity index (χ0) is 20.3. The van der Waals surface area contributed by atoms with Crippen molar-refractivity contribution in [1.29, 1.82) is 0 Å². The molecule has 0 aliphatic rings. The van der Waals surface area contributed by atoms with Crippen LogP contribution < -0.4 is 16.6 Å². The maximum absolute atomic E-state index is 12.7. The highest BCUT2D eigenvalue weighted by Crippen LogP contribution is 2.24. The Labute approximate surface area is 166 Å². The van der Waals surface area contributed by atoms with E-state index in [4.69, 9.17) is 5.73 Å². The Hall–Kier alpha value is -3.13. The first kappa shape index (κ1) is 19.6. The lowest BCUT2D eigenvalue weighted by Gasteiger charge is -2.16. The molecule has 3 rings (SSSR count). The molecule has 0 aliphatic heterocycles.